The van der Waals surface area contributed by atoms with E-state index in [-0.39, 0.29) is 11.8 Å². The van der Waals surface area contributed by atoms with Gasteiger partial charge in [-0.25, -0.2) is 0 Å². The highest BCUT2D eigenvalue weighted by Gasteiger charge is 2.35. The number of hydrogen-bond donors (Lipinski definition) is 0. The molecule has 1 heterocycles. The fourth-order valence-electron chi connectivity index (χ4n) is 3.34. The molecule has 5 nitrogen and oxygen atoms in total. The molecule has 0 saturated carbocycles. The molecule has 5 heteroatoms. The van der Waals surface area contributed by atoms with Crippen LogP contribution in [0.5, 0.6) is 5.75 Å². The maximum absolute atomic E-state index is 12.9. The Kier molecular flexibility index (Phi) is 5.49. The van der Waals surface area contributed by atoms with Gasteiger partial charge in [-0.3, -0.25) is 9.59 Å². The molecule has 27 heavy (non-hydrogen) atoms. The Balaban J connectivity index is 1.74. The van der Waals surface area contributed by atoms with Gasteiger partial charge in [0.1, 0.15) is 11.8 Å². The summed E-state index contributed by atoms with van der Waals surface area (Å²) >= 11 is 0. The molecular formula is C22H26N2O3. The molecule has 142 valence electrons. The Morgan fingerprint density at radius 1 is 1.04 bits per heavy atom. The number of amides is 2. The monoisotopic (exact) mass is 366 g/mol. The summed E-state index contributed by atoms with van der Waals surface area (Å²) in [5.74, 6) is 0.965. The van der Waals surface area contributed by atoms with Gasteiger partial charge in [0.25, 0.3) is 5.91 Å². The number of anilines is 1. The molecule has 1 fully saturated rings. The second-order valence-corrected chi connectivity index (χ2v) is 7.14. The van der Waals surface area contributed by atoms with Gasteiger partial charge in [-0.1, -0.05) is 26.0 Å². The lowest BCUT2D eigenvalue weighted by Crippen LogP contribution is -2.57. The van der Waals surface area contributed by atoms with Crippen molar-refractivity contribution in [1.82, 2.24) is 4.90 Å². The lowest BCUT2D eigenvalue weighted by molar-refractivity contribution is -0.124. The highest BCUT2D eigenvalue weighted by molar-refractivity contribution is 6.03. The lowest BCUT2D eigenvalue weighted by atomic mass is 10.0. The third kappa shape index (κ3) is 3.82. The molecule has 0 N–H and O–H groups in total. The predicted octanol–water partition coefficient (Wildman–Crippen LogP) is 3.70. The van der Waals surface area contributed by atoms with Gasteiger partial charge in [-0.05, 0) is 54.8 Å². The minimum Gasteiger partial charge on any atom is -0.497 e. The highest BCUT2D eigenvalue weighted by Crippen LogP contribution is 2.24. The molecule has 2 aromatic carbocycles. The minimum absolute atomic E-state index is 0.0552. The molecule has 1 aliphatic rings. The van der Waals surface area contributed by atoms with E-state index < -0.39 is 6.04 Å². The molecule has 2 amide bonds. The van der Waals surface area contributed by atoms with E-state index in [0.29, 0.717) is 30.3 Å². The lowest BCUT2D eigenvalue weighted by Gasteiger charge is -2.39. The van der Waals surface area contributed by atoms with Crippen LogP contribution < -0.4 is 9.64 Å². The van der Waals surface area contributed by atoms with Gasteiger partial charge in [0.15, 0.2) is 0 Å². The van der Waals surface area contributed by atoms with Crippen LogP contribution in [0.25, 0.3) is 0 Å². The maximum atomic E-state index is 12.9. The van der Waals surface area contributed by atoms with Crippen molar-refractivity contribution in [3.8, 4) is 5.75 Å². The van der Waals surface area contributed by atoms with Gasteiger partial charge in [-0.15, -0.1) is 0 Å². The summed E-state index contributed by atoms with van der Waals surface area (Å²) in [5.41, 5.74) is 2.69. The zero-order valence-corrected chi connectivity index (χ0v) is 16.3. The van der Waals surface area contributed by atoms with E-state index in [2.05, 4.69) is 26.0 Å². The van der Waals surface area contributed by atoms with Gasteiger partial charge in [-0.2, -0.15) is 0 Å². The summed E-state index contributed by atoms with van der Waals surface area (Å²) in [4.78, 5) is 29.1. The maximum Gasteiger partial charge on any atom is 0.254 e. The molecule has 0 bridgehead atoms. The van der Waals surface area contributed by atoms with Gasteiger partial charge < -0.3 is 14.5 Å². The van der Waals surface area contributed by atoms with Crippen LogP contribution in [0.4, 0.5) is 5.69 Å². The Labute approximate surface area is 160 Å². The molecule has 1 aliphatic heterocycles. The van der Waals surface area contributed by atoms with Gasteiger partial charge in [0.2, 0.25) is 5.91 Å². The van der Waals surface area contributed by atoms with Crippen molar-refractivity contribution in [2.75, 3.05) is 25.1 Å². The van der Waals surface area contributed by atoms with Crippen LogP contribution in [0.15, 0.2) is 48.5 Å². The van der Waals surface area contributed by atoms with Crippen molar-refractivity contribution >= 4 is 17.5 Å². The first-order valence-corrected chi connectivity index (χ1v) is 9.28. The predicted molar refractivity (Wildman–Crippen MR) is 106 cm³/mol. The normalized spacial score (nSPS) is 17.4. The Morgan fingerprint density at radius 2 is 1.67 bits per heavy atom. The van der Waals surface area contributed by atoms with Crippen molar-refractivity contribution in [2.24, 2.45) is 0 Å². The largest absolute Gasteiger partial charge is 0.497 e. The van der Waals surface area contributed by atoms with Gasteiger partial charge >= 0.3 is 0 Å². The average Bonchev–Trinajstić information content (AvgIpc) is 2.69. The summed E-state index contributed by atoms with van der Waals surface area (Å²) in [6.45, 7) is 7.08. The van der Waals surface area contributed by atoms with Crippen molar-refractivity contribution in [1.29, 1.82) is 0 Å². The molecule has 0 spiro atoms. The zero-order chi connectivity index (χ0) is 19.6. The fourth-order valence-corrected chi connectivity index (χ4v) is 3.34. The van der Waals surface area contributed by atoms with Crippen LogP contribution in [0.2, 0.25) is 0 Å². The number of hydrogen-bond acceptors (Lipinski definition) is 3. The second-order valence-electron chi connectivity index (χ2n) is 7.14. The molecule has 1 saturated heterocycles. The quantitative estimate of drug-likeness (QED) is 0.829. The van der Waals surface area contributed by atoms with Crippen LogP contribution in [0, 0.1) is 0 Å². The number of carbonyl (C=O) groups excluding carboxylic acids is 2. The molecule has 3 rings (SSSR count). The van der Waals surface area contributed by atoms with Crippen LogP contribution in [-0.4, -0.2) is 43.0 Å². The van der Waals surface area contributed by atoms with E-state index in [1.165, 1.54) is 5.56 Å². The minimum atomic E-state index is -0.502. The first-order valence-electron chi connectivity index (χ1n) is 9.28. The number of rotatable bonds is 4. The number of nitrogens with zero attached hydrogens (tertiary/aromatic N) is 2. The smallest absolute Gasteiger partial charge is 0.254 e. The molecule has 1 atom stereocenters. The third-order valence-corrected chi connectivity index (χ3v) is 5.12. The number of ether oxygens (including phenoxy) is 1. The van der Waals surface area contributed by atoms with Crippen LogP contribution in [-0.2, 0) is 4.79 Å². The molecule has 0 aliphatic carbocycles. The van der Waals surface area contributed by atoms with E-state index in [9.17, 15) is 9.59 Å². The SMILES string of the molecule is COc1ccc(C(=O)N2CCN(c3ccc(C(C)C)cc3)C(=O)[C@H]2C)cc1. The van der Waals surface area contributed by atoms with Gasteiger partial charge in [0, 0.05) is 24.3 Å². The van der Waals surface area contributed by atoms with E-state index >= 15 is 0 Å². The molecule has 0 unspecified atom stereocenters. The van der Waals surface area contributed by atoms with Crippen LogP contribution in [0.1, 0.15) is 42.6 Å². The summed E-state index contributed by atoms with van der Waals surface area (Å²) in [6.07, 6.45) is 0. The number of piperazine rings is 1. The standard InChI is InChI=1S/C22H26N2O3/c1-15(2)17-5-9-19(10-6-17)24-14-13-23(16(3)21(24)25)22(26)18-7-11-20(27-4)12-8-18/h5-12,15-16H,13-14H2,1-4H3/t16-/m1/s1. The highest BCUT2D eigenvalue weighted by atomic mass is 16.5. The fraction of sp³-hybridized carbons (Fsp3) is 0.364. The topological polar surface area (TPSA) is 49.9 Å². The Morgan fingerprint density at radius 3 is 2.22 bits per heavy atom. The molecular weight excluding hydrogens is 340 g/mol. The van der Waals surface area contributed by atoms with Crippen LogP contribution >= 0.6 is 0 Å². The Hall–Kier alpha value is -2.82. The zero-order valence-electron chi connectivity index (χ0n) is 16.3. The summed E-state index contributed by atoms with van der Waals surface area (Å²) in [5, 5.41) is 0. The van der Waals surface area contributed by atoms with Crippen molar-refractivity contribution in [2.45, 2.75) is 32.7 Å². The van der Waals surface area contributed by atoms with Crippen molar-refractivity contribution in [3.63, 3.8) is 0 Å². The molecule has 2 aromatic rings. The third-order valence-electron chi connectivity index (χ3n) is 5.12. The number of methoxy groups -OCH3 is 1. The summed E-state index contributed by atoms with van der Waals surface area (Å²) < 4.78 is 5.13. The second kappa shape index (κ2) is 7.82. The number of carbonyl (C=O) groups is 2. The van der Waals surface area contributed by atoms with Gasteiger partial charge in [0.05, 0.1) is 7.11 Å². The summed E-state index contributed by atoms with van der Waals surface area (Å²) in [7, 11) is 1.59. The number of benzene rings is 2. The van der Waals surface area contributed by atoms with Crippen molar-refractivity contribution in [3.05, 3.63) is 59.7 Å². The summed E-state index contributed by atoms with van der Waals surface area (Å²) in [6, 6.07) is 14.6. The van der Waals surface area contributed by atoms with Crippen LogP contribution in [0.3, 0.4) is 0 Å². The van der Waals surface area contributed by atoms with E-state index in [4.69, 9.17) is 4.74 Å². The first-order chi connectivity index (χ1) is 12.9. The Bertz CT molecular complexity index is 812. The molecule has 0 radical (unpaired) electrons. The van der Waals surface area contributed by atoms with E-state index in [0.717, 1.165) is 5.69 Å². The van der Waals surface area contributed by atoms with E-state index in [1.807, 2.05) is 12.1 Å². The molecule has 0 aromatic heterocycles. The van der Waals surface area contributed by atoms with Crippen molar-refractivity contribution < 1.29 is 14.3 Å². The van der Waals surface area contributed by atoms with E-state index in [1.54, 1.807) is 48.1 Å². The first kappa shape index (κ1) is 19.0. The average molecular weight is 366 g/mol.